The SMILES string of the molecule is N#Cc1cccc(C(=O)Nc2ccc(C3(c4nc5ncc(C(F)(F)F)cc5[nH]4)CCC3)cn2)c1. The summed E-state index contributed by atoms with van der Waals surface area (Å²) in [6, 6.07) is 12.8. The largest absolute Gasteiger partial charge is 0.417 e. The number of rotatable bonds is 4. The fourth-order valence-corrected chi connectivity index (χ4v) is 4.14. The molecule has 0 saturated heterocycles. The summed E-state index contributed by atoms with van der Waals surface area (Å²) in [4.78, 5) is 28.2. The Labute approximate surface area is 191 Å². The third-order valence-electron chi connectivity index (χ3n) is 6.14. The number of aromatic amines is 1. The van der Waals surface area contributed by atoms with Gasteiger partial charge < -0.3 is 10.3 Å². The van der Waals surface area contributed by atoms with Gasteiger partial charge in [-0.3, -0.25) is 4.79 Å². The lowest BCUT2D eigenvalue weighted by Gasteiger charge is -2.40. The average molecular weight is 462 g/mol. The molecule has 1 saturated carbocycles. The van der Waals surface area contributed by atoms with Crippen LogP contribution in [0.2, 0.25) is 0 Å². The van der Waals surface area contributed by atoms with E-state index < -0.39 is 17.2 Å². The Hall–Kier alpha value is -4.26. The Morgan fingerprint density at radius 2 is 1.94 bits per heavy atom. The van der Waals surface area contributed by atoms with Crippen LogP contribution in [0.1, 0.15) is 52.1 Å². The molecule has 10 heteroatoms. The van der Waals surface area contributed by atoms with Gasteiger partial charge in [-0.05, 0) is 48.7 Å². The number of imidazole rings is 1. The van der Waals surface area contributed by atoms with Crippen LogP contribution < -0.4 is 5.32 Å². The van der Waals surface area contributed by atoms with E-state index in [-0.39, 0.29) is 17.1 Å². The molecule has 0 bridgehead atoms. The van der Waals surface area contributed by atoms with Crippen molar-refractivity contribution in [2.45, 2.75) is 30.9 Å². The predicted octanol–water partition coefficient (Wildman–Crippen LogP) is 4.97. The van der Waals surface area contributed by atoms with Crippen LogP contribution in [0, 0.1) is 11.3 Å². The zero-order valence-electron chi connectivity index (χ0n) is 17.6. The number of nitrogens with zero attached hydrogens (tertiary/aromatic N) is 4. The number of hydrogen-bond acceptors (Lipinski definition) is 5. The highest BCUT2D eigenvalue weighted by Crippen LogP contribution is 2.48. The van der Waals surface area contributed by atoms with Gasteiger partial charge in [0.1, 0.15) is 11.6 Å². The number of aromatic nitrogens is 4. The molecule has 1 amide bonds. The quantitative estimate of drug-likeness (QED) is 0.446. The van der Waals surface area contributed by atoms with Gasteiger partial charge in [0, 0.05) is 18.0 Å². The number of alkyl halides is 3. The smallest absolute Gasteiger partial charge is 0.340 e. The van der Waals surface area contributed by atoms with Crippen molar-refractivity contribution in [3.8, 4) is 6.07 Å². The maximum Gasteiger partial charge on any atom is 0.417 e. The fourth-order valence-electron chi connectivity index (χ4n) is 4.14. The number of nitrogens with one attached hydrogen (secondary N) is 2. The van der Waals surface area contributed by atoms with E-state index in [0.29, 0.717) is 22.8 Å². The van der Waals surface area contributed by atoms with E-state index in [1.54, 1.807) is 30.5 Å². The number of hydrogen-bond donors (Lipinski definition) is 2. The maximum atomic E-state index is 13.0. The molecule has 4 aromatic rings. The first kappa shape index (κ1) is 21.6. The van der Waals surface area contributed by atoms with Crippen LogP contribution in [0.25, 0.3) is 11.2 Å². The van der Waals surface area contributed by atoms with Gasteiger partial charge in [-0.15, -0.1) is 0 Å². The third-order valence-corrected chi connectivity index (χ3v) is 6.14. The number of nitriles is 1. The fraction of sp³-hybridized carbons (Fsp3) is 0.208. The van der Waals surface area contributed by atoms with Crippen molar-refractivity contribution >= 4 is 22.9 Å². The molecule has 0 atom stereocenters. The minimum Gasteiger partial charge on any atom is -0.340 e. The first-order valence-electron chi connectivity index (χ1n) is 10.5. The third kappa shape index (κ3) is 3.75. The van der Waals surface area contributed by atoms with E-state index in [2.05, 4.69) is 25.3 Å². The van der Waals surface area contributed by atoms with Crippen LogP contribution in [-0.2, 0) is 11.6 Å². The summed E-state index contributed by atoms with van der Waals surface area (Å²) >= 11 is 0. The number of halogens is 3. The molecule has 0 unspecified atom stereocenters. The highest BCUT2D eigenvalue weighted by atomic mass is 19.4. The molecule has 170 valence electrons. The van der Waals surface area contributed by atoms with Crippen molar-refractivity contribution in [3.63, 3.8) is 0 Å². The molecule has 7 nitrogen and oxygen atoms in total. The van der Waals surface area contributed by atoms with Crippen LogP contribution in [0.5, 0.6) is 0 Å². The molecule has 3 heterocycles. The summed E-state index contributed by atoms with van der Waals surface area (Å²) < 4.78 is 39.1. The number of carbonyl (C=O) groups is 1. The van der Waals surface area contributed by atoms with Crippen molar-refractivity contribution in [3.05, 3.63) is 82.9 Å². The predicted molar refractivity (Wildman–Crippen MR) is 117 cm³/mol. The summed E-state index contributed by atoms with van der Waals surface area (Å²) in [5.74, 6) is 0.499. The van der Waals surface area contributed by atoms with E-state index in [9.17, 15) is 18.0 Å². The van der Waals surface area contributed by atoms with Gasteiger partial charge in [0.05, 0.1) is 28.1 Å². The van der Waals surface area contributed by atoms with Gasteiger partial charge >= 0.3 is 6.18 Å². The van der Waals surface area contributed by atoms with Gasteiger partial charge in [0.2, 0.25) is 0 Å². The van der Waals surface area contributed by atoms with Crippen LogP contribution in [0.3, 0.4) is 0 Å². The van der Waals surface area contributed by atoms with Gasteiger partial charge in [0.25, 0.3) is 5.91 Å². The van der Waals surface area contributed by atoms with Gasteiger partial charge in [0.15, 0.2) is 5.65 Å². The normalized spacial score (nSPS) is 14.9. The molecule has 2 N–H and O–H groups in total. The molecular formula is C24H17F3N6O. The van der Waals surface area contributed by atoms with Gasteiger partial charge in [-0.25, -0.2) is 15.0 Å². The monoisotopic (exact) mass is 462 g/mol. The number of benzene rings is 1. The molecule has 1 fully saturated rings. The van der Waals surface area contributed by atoms with Crippen molar-refractivity contribution in [1.82, 2.24) is 19.9 Å². The Morgan fingerprint density at radius 1 is 1.12 bits per heavy atom. The highest BCUT2D eigenvalue weighted by Gasteiger charge is 2.43. The van der Waals surface area contributed by atoms with E-state index in [4.69, 9.17) is 5.26 Å². The van der Waals surface area contributed by atoms with Crippen LogP contribution in [-0.4, -0.2) is 25.8 Å². The lowest BCUT2D eigenvalue weighted by molar-refractivity contribution is -0.137. The van der Waals surface area contributed by atoms with Crippen LogP contribution in [0.4, 0.5) is 19.0 Å². The minimum absolute atomic E-state index is 0.228. The lowest BCUT2D eigenvalue weighted by Crippen LogP contribution is -2.36. The summed E-state index contributed by atoms with van der Waals surface area (Å²) in [5.41, 5.74) is 0.686. The Morgan fingerprint density at radius 3 is 2.59 bits per heavy atom. The molecule has 1 aliphatic rings. The molecule has 0 radical (unpaired) electrons. The Bertz CT molecular complexity index is 1430. The average Bonchev–Trinajstić information content (AvgIpc) is 3.22. The summed E-state index contributed by atoms with van der Waals surface area (Å²) in [6.45, 7) is 0. The van der Waals surface area contributed by atoms with Crippen molar-refractivity contribution in [2.75, 3.05) is 5.32 Å². The number of amides is 1. The second kappa shape index (κ2) is 7.95. The number of fused-ring (bicyclic) bond motifs is 1. The van der Waals surface area contributed by atoms with Crippen LogP contribution >= 0.6 is 0 Å². The maximum absolute atomic E-state index is 13.0. The van der Waals surface area contributed by atoms with E-state index in [1.807, 2.05) is 12.1 Å². The molecule has 1 aromatic carbocycles. The Kier molecular flexibility index (Phi) is 5.05. The summed E-state index contributed by atoms with van der Waals surface area (Å²) in [5, 5.41) is 11.7. The molecular weight excluding hydrogens is 445 g/mol. The van der Waals surface area contributed by atoms with Crippen LogP contribution in [0.15, 0.2) is 54.9 Å². The number of H-pyrrole nitrogens is 1. The number of anilines is 1. The number of pyridine rings is 2. The van der Waals surface area contributed by atoms with Gasteiger partial charge in [-0.1, -0.05) is 18.6 Å². The molecule has 34 heavy (non-hydrogen) atoms. The second-order valence-corrected chi connectivity index (χ2v) is 8.19. The zero-order chi connectivity index (χ0) is 23.9. The van der Waals surface area contributed by atoms with E-state index >= 15 is 0 Å². The molecule has 0 aliphatic heterocycles. The topological polar surface area (TPSA) is 107 Å². The Balaban J connectivity index is 1.40. The van der Waals surface area contributed by atoms with Crippen molar-refractivity contribution in [1.29, 1.82) is 5.26 Å². The first-order chi connectivity index (χ1) is 16.3. The van der Waals surface area contributed by atoms with E-state index in [1.165, 1.54) is 6.07 Å². The molecule has 0 spiro atoms. The summed E-state index contributed by atoms with van der Waals surface area (Å²) in [7, 11) is 0. The minimum atomic E-state index is -4.49. The van der Waals surface area contributed by atoms with Crippen molar-refractivity contribution in [2.24, 2.45) is 0 Å². The summed E-state index contributed by atoms with van der Waals surface area (Å²) in [6.07, 6.45) is 0.390. The first-order valence-corrected chi connectivity index (χ1v) is 10.5. The second-order valence-electron chi connectivity index (χ2n) is 8.19. The lowest BCUT2D eigenvalue weighted by atomic mass is 9.64. The standard InChI is InChI=1S/C24H17F3N6O/c25-24(26,27)17-10-18-20(30-13-17)33-22(31-18)23(7-2-8-23)16-5-6-19(29-12-16)32-21(34)15-4-1-3-14(9-15)11-28/h1,3-6,9-10,12-13H,2,7-8H2,(H,29,32,34)(H,30,31,33). The molecule has 1 aliphatic carbocycles. The molecule has 3 aromatic heterocycles. The molecule has 5 rings (SSSR count). The zero-order valence-corrected chi connectivity index (χ0v) is 17.6. The van der Waals surface area contributed by atoms with Crippen molar-refractivity contribution < 1.29 is 18.0 Å². The van der Waals surface area contributed by atoms with Gasteiger partial charge in [-0.2, -0.15) is 18.4 Å². The number of carbonyl (C=O) groups excluding carboxylic acids is 1. The highest BCUT2D eigenvalue weighted by molar-refractivity contribution is 6.03. The van der Waals surface area contributed by atoms with E-state index in [0.717, 1.165) is 37.1 Å².